The van der Waals surface area contributed by atoms with Gasteiger partial charge in [-0.3, -0.25) is 4.79 Å². The molecule has 2 atom stereocenters. The third kappa shape index (κ3) is 3.35. The normalized spacial score (nSPS) is 18.6. The van der Waals surface area contributed by atoms with E-state index in [-0.39, 0.29) is 12.0 Å². The van der Waals surface area contributed by atoms with Crippen molar-refractivity contribution in [1.82, 2.24) is 5.32 Å². The maximum Gasteiger partial charge on any atom is 0.270 e. The van der Waals surface area contributed by atoms with Crippen molar-refractivity contribution in [2.45, 2.75) is 38.3 Å². The van der Waals surface area contributed by atoms with E-state index < -0.39 is 6.04 Å². The van der Waals surface area contributed by atoms with Gasteiger partial charge < -0.3 is 10.2 Å². The average molecular weight is 271 g/mol. The number of benzene rings is 1. The summed E-state index contributed by atoms with van der Waals surface area (Å²) in [4.78, 5) is 17.3. The molecule has 1 amide bonds. The fourth-order valence-electron chi connectivity index (χ4n) is 2.06. The number of hydrogen-bond donors (Lipinski definition) is 1. The first-order valence-electron chi connectivity index (χ1n) is 6.72. The molecule has 0 radical (unpaired) electrons. The van der Waals surface area contributed by atoms with Crippen LogP contribution in [-0.4, -0.2) is 17.7 Å². The predicted molar refractivity (Wildman–Crippen MR) is 74.8 cm³/mol. The molecular formula is C15H17N3O2. The van der Waals surface area contributed by atoms with E-state index in [9.17, 15) is 4.79 Å². The van der Waals surface area contributed by atoms with Crippen molar-refractivity contribution < 1.29 is 9.63 Å². The average Bonchev–Trinajstić information content (AvgIpc) is 2.97. The van der Waals surface area contributed by atoms with Crippen molar-refractivity contribution in [2.75, 3.05) is 0 Å². The van der Waals surface area contributed by atoms with Crippen LogP contribution in [0.1, 0.15) is 37.9 Å². The lowest BCUT2D eigenvalue weighted by Crippen LogP contribution is -2.38. The Labute approximate surface area is 118 Å². The molecule has 1 aliphatic rings. The Morgan fingerprint density at radius 1 is 1.55 bits per heavy atom. The van der Waals surface area contributed by atoms with E-state index in [4.69, 9.17) is 10.1 Å². The molecule has 0 unspecified atom stereocenters. The number of oxime groups is 1. The van der Waals surface area contributed by atoms with Gasteiger partial charge in [0.15, 0.2) is 6.10 Å². The first-order chi connectivity index (χ1) is 9.74. The van der Waals surface area contributed by atoms with Crippen molar-refractivity contribution in [3.05, 3.63) is 35.9 Å². The number of nitriles is 1. The minimum Gasteiger partial charge on any atom is -0.387 e. The highest BCUT2D eigenvalue weighted by Gasteiger charge is 2.28. The van der Waals surface area contributed by atoms with Crippen LogP contribution in [0, 0.1) is 11.3 Å². The summed E-state index contributed by atoms with van der Waals surface area (Å²) in [7, 11) is 0. The van der Waals surface area contributed by atoms with Crippen LogP contribution < -0.4 is 5.32 Å². The second kappa shape index (κ2) is 6.71. The van der Waals surface area contributed by atoms with Crippen molar-refractivity contribution in [3.8, 4) is 6.07 Å². The first-order valence-corrected chi connectivity index (χ1v) is 6.72. The summed E-state index contributed by atoms with van der Waals surface area (Å²) in [6.07, 6.45) is 1.69. The summed E-state index contributed by atoms with van der Waals surface area (Å²) in [5, 5.41) is 15.4. The van der Waals surface area contributed by atoms with Crippen molar-refractivity contribution in [1.29, 1.82) is 5.26 Å². The molecule has 1 aromatic carbocycles. The molecule has 5 nitrogen and oxygen atoms in total. The zero-order valence-electron chi connectivity index (χ0n) is 11.4. The molecular weight excluding hydrogens is 254 g/mol. The summed E-state index contributed by atoms with van der Waals surface area (Å²) in [5.41, 5.74) is 1.33. The molecule has 1 aromatic rings. The van der Waals surface area contributed by atoms with Crippen LogP contribution in [0.15, 0.2) is 35.5 Å². The molecule has 1 aliphatic heterocycles. The summed E-state index contributed by atoms with van der Waals surface area (Å²) >= 11 is 0. The van der Waals surface area contributed by atoms with Gasteiger partial charge in [-0.1, -0.05) is 48.8 Å². The second-order valence-electron chi connectivity index (χ2n) is 4.69. The number of hydrogen-bond acceptors (Lipinski definition) is 4. The molecule has 104 valence electrons. The maximum absolute atomic E-state index is 12.0. The van der Waals surface area contributed by atoms with E-state index in [1.54, 1.807) is 0 Å². The van der Waals surface area contributed by atoms with E-state index in [0.29, 0.717) is 18.6 Å². The molecule has 5 heteroatoms. The third-order valence-corrected chi connectivity index (χ3v) is 3.14. The van der Waals surface area contributed by atoms with Crippen LogP contribution in [0.3, 0.4) is 0 Å². The molecule has 0 spiro atoms. The third-order valence-electron chi connectivity index (χ3n) is 3.14. The topological polar surface area (TPSA) is 74.5 Å². The Morgan fingerprint density at radius 3 is 2.95 bits per heavy atom. The Morgan fingerprint density at radius 2 is 2.30 bits per heavy atom. The Kier molecular flexibility index (Phi) is 4.72. The monoisotopic (exact) mass is 271 g/mol. The van der Waals surface area contributed by atoms with Crippen LogP contribution >= 0.6 is 0 Å². The van der Waals surface area contributed by atoms with Gasteiger partial charge in [-0.15, -0.1) is 0 Å². The van der Waals surface area contributed by atoms with Gasteiger partial charge in [-0.25, -0.2) is 0 Å². The molecule has 0 aliphatic carbocycles. The zero-order chi connectivity index (χ0) is 14.4. The van der Waals surface area contributed by atoms with Gasteiger partial charge in [-0.2, -0.15) is 5.26 Å². The number of nitrogens with one attached hydrogen (secondary N) is 1. The molecule has 20 heavy (non-hydrogen) atoms. The molecule has 1 N–H and O–H groups in total. The fourth-order valence-corrected chi connectivity index (χ4v) is 2.06. The van der Waals surface area contributed by atoms with E-state index in [0.717, 1.165) is 12.0 Å². The molecule has 0 saturated heterocycles. The van der Waals surface area contributed by atoms with E-state index in [2.05, 4.69) is 16.5 Å². The molecule has 0 saturated carbocycles. The van der Waals surface area contributed by atoms with E-state index in [1.807, 2.05) is 37.3 Å². The van der Waals surface area contributed by atoms with Crippen molar-refractivity contribution in [2.24, 2.45) is 5.16 Å². The lowest BCUT2D eigenvalue weighted by Gasteiger charge is -2.10. The van der Waals surface area contributed by atoms with Gasteiger partial charge >= 0.3 is 0 Å². The number of nitrogens with zero attached hydrogens (tertiary/aromatic N) is 2. The van der Waals surface area contributed by atoms with Gasteiger partial charge in [0.2, 0.25) is 0 Å². The van der Waals surface area contributed by atoms with Crippen molar-refractivity contribution in [3.63, 3.8) is 0 Å². The fraction of sp³-hybridized carbons (Fsp3) is 0.400. The number of carbonyl (C=O) groups excluding carboxylic acids is 1. The van der Waals surface area contributed by atoms with Crippen LogP contribution in [0.2, 0.25) is 0 Å². The largest absolute Gasteiger partial charge is 0.387 e. The first kappa shape index (κ1) is 14.1. The second-order valence-corrected chi connectivity index (χ2v) is 4.69. The minimum absolute atomic E-state index is 0.219. The smallest absolute Gasteiger partial charge is 0.270 e. The van der Waals surface area contributed by atoms with Gasteiger partial charge in [0, 0.05) is 6.42 Å². The molecule has 0 bridgehead atoms. The summed E-state index contributed by atoms with van der Waals surface area (Å²) in [5.74, 6) is -0.316. The maximum atomic E-state index is 12.0. The number of amides is 1. The van der Waals surface area contributed by atoms with Crippen LogP contribution in [0.5, 0.6) is 0 Å². The molecule has 0 aromatic heterocycles. The van der Waals surface area contributed by atoms with Gasteiger partial charge in [0.25, 0.3) is 5.91 Å². The zero-order valence-corrected chi connectivity index (χ0v) is 11.4. The predicted octanol–water partition coefficient (Wildman–Crippen LogP) is 2.31. The Balaban J connectivity index is 1.92. The standard InChI is InChI=1S/C15H17N3O2/c1-2-6-12(10-16)17-15(19)13-9-14(20-18-13)11-7-4-3-5-8-11/h3-5,7-8,12,14H,2,6,9H2,1H3,(H,17,19)/t12-,14+/m1/s1. The lowest BCUT2D eigenvalue weighted by molar-refractivity contribution is -0.115. The van der Waals surface area contributed by atoms with Gasteiger partial charge in [0.05, 0.1) is 6.07 Å². The molecule has 2 rings (SSSR count). The van der Waals surface area contributed by atoms with Gasteiger partial charge in [0.1, 0.15) is 11.8 Å². The highest BCUT2D eigenvalue weighted by Crippen LogP contribution is 2.26. The van der Waals surface area contributed by atoms with Crippen LogP contribution in [0.4, 0.5) is 0 Å². The minimum atomic E-state index is -0.467. The Bertz CT molecular complexity index is 534. The van der Waals surface area contributed by atoms with Crippen molar-refractivity contribution >= 4 is 11.6 Å². The summed E-state index contributed by atoms with van der Waals surface area (Å²) in [6, 6.07) is 11.3. The number of rotatable bonds is 5. The van der Waals surface area contributed by atoms with Gasteiger partial charge in [-0.05, 0) is 12.0 Å². The molecule has 1 heterocycles. The highest BCUT2D eigenvalue weighted by molar-refractivity contribution is 6.39. The highest BCUT2D eigenvalue weighted by atomic mass is 16.6. The van der Waals surface area contributed by atoms with E-state index in [1.165, 1.54) is 0 Å². The van der Waals surface area contributed by atoms with Crippen LogP contribution in [0.25, 0.3) is 0 Å². The SMILES string of the molecule is CCC[C@H](C#N)NC(=O)C1=NO[C@H](c2ccccc2)C1. The quantitative estimate of drug-likeness (QED) is 0.893. The lowest BCUT2D eigenvalue weighted by atomic mass is 10.0. The van der Waals surface area contributed by atoms with E-state index >= 15 is 0 Å². The summed E-state index contributed by atoms with van der Waals surface area (Å²) in [6.45, 7) is 1.97. The summed E-state index contributed by atoms with van der Waals surface area (Å²) < 4.78 is 0. The molecule has 0 fully saturated rings. The number of carbonyl (C=O) groups is 1. The Hall–Kier alpha value is -2.35. The van der Waals surface area contributed by atoms with Crippen LogP contribution in [-0.2, 0) is 9.63 Å².